The summed E-state index contributed by atoms with van der Waals surface area (Å²) in [7, 11) is 0. The normalized spacial score (nSPS) is 24.2. The molecule has 96 valence electrons. The van der Waals surface area contributed by atoms with Crippen molar-refractivity contribution in [2.45, 2.75) is 51.1 Å². The van der Waals surface area contributed by atoms with Crippen LogP contribution in [0.15, 0.2) is 24.3 Å². The van der Waals surface area contributed by atoms with Crippen molar-refractivity contribution in [3.63, 3.8) is 0 Å². The minimum Gasteiger partial charge on any atom is -0.327 e. The smallest absolute Gasteiger partial charge is 0.114 e. The molecule has 1 aliphatic carbocycles. The predicted molar refractivity (Wildman–Crippen MR) is 74.7 cm³/mol. The van der Waals surface area contributed by atoms with Crippen LogP contribution in [-0.2, 0) is 0 Å². The highest BCUT2D eigenvalue weighted by atomic mass is 15.1. The van der Waals surface area contributed by atoms with Crippen LogP contribution in [0.2, 0.25) is 0 Å². The summed E-state index contributed by atoms with van der Waals surface area (Å²) in [6, 6.07) is 9.10. The van der Waals surface area contributed by atoms with Crippen LogP contribution in [0.3, 0.4) is 0 Å². The van der Waals surface area contributed by atoms with Crippen LogP contribution < -0.4 is 5.73 Å². The van der Waals surface area contributed by atoms with E-state index in [2.05, 4.69) is 42.7 Å². The highest BCUT2D eigenvalue weighted by Crippen LogP contribution is 2.35. The van der Waals surface area contributed by atoms with Gasteiger partial charge in [-0.25, -0.2) is 4.98 Å². The van der Waals surface area contributed by atoms with Gasteiger partial charge in [0, 0.05) is 18.0 Å². The fourth-order valence-electron chi connectivity index (χ4n) is 3.18. The first-order valence-corrected chi connectivity index (χ1v) is 6.91. The van der Waals surface area contributed by atoms with Gasteiger partial charge in [0.05, 0.1) is 11.0 Å². The lowest BCUT2D eigenvalue weighted by Crippen LogP contribution is -2.25. The first-order valence-electron chi connectivity index (χ1n) is 6.91. The lowest BCUT2D eigenvalue weighted by atomic mass is 10.0. The zero-order valence-electron chi connectivity index (χ0n) is 11.1. The second kappa shape index (κ2) is 4.39. The predicted octanol–water partition coefficient (Wildman–Crippen LogP) is 3.21. The maximum Gasteiger partial charge on any atom is 0.114 e. The van der Waals surface area contributed by atoms with Crippen LogP contribution >= 0.6 is 0 Å². The van der Waals surface area contributed by atoms with Crippen molar-refractivity contribution in [2.75, 3.05) is 0 Å². The zero-order valence-corrected chi connectivity index (χ0v) is 11.1. The van der Waals surface area contributed by atoms with Gasteiger partial charge in [-0.15, -0.1) is 0 Å². The second-order valence-corrected chi connectivity index (χ2v) is 5.62. The lowest BCUT2D eigenvalue weighted by molar-refractivity contribution is 0.510. The molecule has 1 aromatic carbocycles. The van der Waals surface area contributed by atoms with Crippen molar-refractivity contribution in [1.82, 2.24) is 9.55 Å². The monoisotopic (exact) mass is 243 g/mol. The van der Waals surface area contributed by atoms with E-state index in [0.29, 0.717) is 12.0 Å². The Morgan fingerprint density at radius 3 is 2.72 bits per heavy atom. The van der Waals surface area contributed by atoms with Gasteiger partial charge in [-0.2, -0.15) is 0 Å². The SMILES string of the molecule is CC(C)n1c(C2CCCC2N)nc2ccccc21. The van der Waals surface area contributed by atoms with Gasteiger partial charge in [-0.3, -0.25) is 0 Å². The van der Waals surface area contributed by atoms with Gasteiger partial charge in [0.15, 0.2) is 0 Å². The Morgan fingerprint density at radius 2 is 2.06 bits per heavy atom. The van der Waals surface area contributed by atoms with E-state index in [1.807, 2.05) is 0 Å². The number of para-hydroxylation sites is 2. The molecule has 1 heterocycles. The topological polar surface area (TPSA) is 43.8 Å². The summed E-state index contributed by atoms with van der Waals surface area (Å²) in [4.78, 5) is 4.85. The van der Waals surface area contributed by atoms with Crippen molar-refractivity contribution in [3.05, 3.63) is 30.1 Å². The Morgan fingerprint density at radius 1 is 1.28 bits per heavy atom. The summed E-state index contributed by atoms with van der Waals surface area (Å²) < 4.78 is 2.37. The van der Waals surface area contributed by atoms with Crippen LogP contribution in [0, 0.1) is 0 Å². The summed E-state index contributed by atoms with van der Waals surface area (Å²) in [5.74, 6) is 1.62. The Kier molecular flexibility index (Phi) is 2.86. The van der Waals surface area contributed by atoms with Gasteiger partial charge in [0.25, 0.3) is 0 Å². The number of fused-ring (bicyclic) bond motifs is 1. The molecule has 3 rings (SSSR count). The van der Waals surface area contributed by atoms with E-state index in [0.717, 1.165) is 11.9 Å². The first kappa shape index (κ1) is 11.7. The van der Waals surface area contributed by atoms with Gasteiger partial charge in [0.1, 0.15) is 5.82 Å². The molecule has 3 nitrogen and oxygen atoms in total. The third-order valence-electron chi connectivity index (χ3n) is 4.04. The Bertz CT molecular complexity index is 556. The van der Waals surface area contributed by atoms with E-state index in [4.69, 9.17) is 10.7 Å². The van der Waals surface area contributed by atoms with E-state index in [1.54, 1.807) is 0 Å². The van der Waals surface area contributed by atoms with Crippen molar-refractivity contribution >= 4 is 11.0 Å². The third kappa shape index (κ3) is 1.74. The van der Waals surface area contributed by atoms with Gasteiger partial charge >= 0.3 is 0 Å². The van der Waals surface area contributed by atoms with Crippen LogP contribution in [0.1, 0.15) is 50.9 Å². The second-order valence-electron chi connectivity index (χ2n) is 5.62. The molecule has 0 radical (unpaired) electrons. The van der Waals surface area contributed by atoms with Crippen molar-refractivity contribution < 1.29 is 0 Å². The summed E-state index contributed by atoms with van der Waals surface area (Å²) >= 11 is 0. The average molecular weight is 243 g/mol. The zero-order chi connectivity index (χ0) is 12.7. The first-order chi connectivity index (χ1) is 8.68. The number of hydrogen-bond acceptors (Lipinski definition) is 2. The molecule has 0 spiro atoms. The molecule has 1 saturated carbocycles. The van der Waals surface area contributed by atoms with Crippen molar-refractivity contribution in [2.24, 2.45) is 5.73 Å². The lowest BCUT2D eigenvalue weighted by Gasteiger charge is -2.19. The third-order valence-corrected chi connectivity index (χ3v) is 4.04. The highest BCUT2D eigenvalue weighted by molar-refractivity contribution is 5.76. The molecule has 2 aromatic rings. The van der Waals surface area contributed by atoms with E-state index < -0.39 is 0 Å². The van der Waals surface area contributed by atoms with Crippen molar-refractivity contribution in [3.8, 4) is 0 Å². The van der Waals surface area contributed by atoms with Crippen LogP contribution in [0.5, 0.6) is 0 Å². The van der Waals surface area contributed by atoms with Crippen LogP contribution in [0.25, 0.3) is 11.0 Å². The molecular formula is C15H21N3. The van der Waals surface area contributed by atoms with E-state index >= 15 is 0 Å². The number of rotatable bonds is 2. The fraction of sp³-hybridized carbons (Fsp3) is 0.533. The quantitative estimate of drug-likeness (QED) is 0.880. The molecule has 0 bridgehead atoms. The molecule has 0 amide bonds. The number of hydrogen-bond donors (Lipinski definition) is 1. The van der Waals surface area contributed by atoms with Gasteiger partial charge in [-0.1, -0.05) is 18.6 Å². The summed E-state index contributed by atoms with van der Waals surface area (Å²) in [5, 5.41) is 0. The number of nitrogens with two attached hydrogens (primary N) is 1. The Hall–Kier alpha value is -1.35. The summed E-state index contributed by atoms with van der Waals surface area (Å²) in [5.41, 5.74) is 8.58. The van der Waals surface area contributed by atoms with Crippen molar-refractivity contribution in [1.29, 1.82) is 0 Å². The molecule has 2 atom stereocenters. The molecule has 3 heteroatoms. The molecule has 1 aliphatic rings. The summed E-state index contributed by atoms with van der Waals surface area (Å²) in [6.45, 7) is 4.44. The molecule has 1 fully saturated rings. The minimum atomic E-state index is 0.277. The number of aromatic nitrogens is 2. The molecule has 2 unspecified atom stereocenters. The standard InChI is InChI=1S/C15H21N3/c1-10(2)18-14-9-4-3-8-13(14)17-15(18)11-6-5-7-12(11)16/h3-4,8-12H,5-7,16H2,1-2H3. The van der Waals surface area contributed by atoms with Gasteiger partial charge in [-0.05, 0) is 38.8 Å². The molecular weight excluding hydrogens is 222 g/mol. The molecule has 0 aliphatic heterocycles. The van der Waals surface area contributed by atoms with Gasteiger partial charge in [0.2, 0.25) is 0 Å². The Balaban J connectivity index is 2.18. The number of benzene rings is 1. The number of nitrogens with zero attached hydrogens (tertiary/aromatic N) is 2. The van der Waals surface area contributed by atoms with Crippen LogP contribution in [-0.4, -0.2) is 15.6 Å². The largest absolute Gasteiger partial charge is 0.327 e. The van der Waals surface area contributed by atoms with E-state index in [1.165, 1.54) is 24.2 Å². The fourth-order valence-corrected chi connectivity index (χ4v) is 3.18. The molecule has 0 saturated heterocycles. The average Bonchev–Trinajstić information content (AvgIpc) is 2.91. The van der Waals surface area contributed by atoms with Gasteiger partial charge < -0.3 is 10.3 Å². The number of imidazole rings is 1. The summed E-state index contributed by atoms with van der Waals surface area (Å²) in [6.07, 6.45) is 3.54. The van der Waals surface area contributed by atoms with E-state index in [9.17, 15) is 0 Å². The Labute approximate surface area is 108 Å². The van der Waals surface area contributed by atoms with Crippen LogP contribution in [0.4, 0.5) is 0 Å². The molecule has 18 heavy (non-hydrogen) atoms. The molecule has 2 N–H and O–H groups in total. The highest BCUT2D eigenvalue weighted by Gasteiger charge is 2.30. The molecule has 1 aromatic heterocycles. The minimum absolute atomic E-state index is 0.277. The maximum atomic E-state index is 6.25. The van der Waals surface area contributed by atoms with E-state index in [-0.39, 0.29) is 6.04 Å². The maximum absolute atomic E-state index is 6.25.